The number of hydrogen-bond donors (Lipinski definition) is 1. The van der Waals surface area contributed by atoms with Crippen molar-refractivity contribution in [1.82, 2.24) is 5.32 Å². The van der Waals surface area contributed by atoms with Gasteiger partial charge in [-0.2, -0.15) is 0 Å². The molecule has 0 aliphatic heterocycles. The summed E-state index contributed by atoms with van der Waals surface area (Å²) in [5.74, 6) is 0.894. The summed E-state index contributed by atoms with van der Waals surface area (Å²) in [4.78, 5) is 0. The highest BCUT2D eigenvalue weighted by Gasteiger charge is 2.16. The molecule has 0 saturated carbocycles. The second-order valence-corrected chi connectivity index (χ2v) is 5.94. The van der Waals surface area contributed by atoms with Gasteiger partial charge in [0.15, 0.2) is 0 Å². The number of hydrogen-bond acceptors (Lipinski definition) is 2. The summed E-state index contributed by atoms with van der Waals surface area (Å²) in [5.41, 5.74) is 3.33. The molecule has 20 heavy (non-hydrogen) atoms. The lowest BCUT2D eigenvalue weighted by Crippen LogP contribution is -2.18. The number of nitrogens with one attached hydrogen (secondary N) is 1. The molecule has 1 N–H and O–H groups in total. The number of halogens is 2. The molecule has 0 bridgehead atoms. The van der Waals surface area contributed by atoms with Crippen molar-refractivity contribution in [3.05, 3.63) is 62.6 Å². The normalized spacial score (nSPS) is 12.2. The minimum Gasteiger partial charge on any atom is -0.496 e. The number of methoxy groups -OCH3 is 1. The predicted octanol–water partition coefficient (Wildman–Crippen LogP) is 4.73. The molecule has 1 atom stereocenters. The fourth-order valence-electron chi connectivity index (χ4n) is 2.32. The van der Waals surface area contributed by atoms with Crippen LogP contribution in [0.3, 0.4) is 0 Å². The molecule has 0 heterocycles. The van der Waals surface area contributed by atoms with E-state index >= 15 is 0 Å². The summed E-state index contributed by atoms with van der Waals surface area (Å²) >= 11 is 9.79. The fraction of sp³-hybridized carbons (Fsp3) is 0.250. The Hall–Kier alpha value is -1.03. The van der Waals surface area contributed by atoms with Crippen LogP contribution < -0.4 is 10.1 Å². The molecule has 0 radical (unpaired) electrons. The quantitative estimate of drug-likeness (QED) is 0.857. The molecule has 0 saturated heterocycles. The maximum Gasteiger partial charge on any atom is 0.121 e. The summed E-state index contributed by atoms with van der Waals surface area (Å²) < 4.78 is 6.28. The van der Waals surface area contributed by atoms with E-state index in [-0.39, 0.29) is 6.04 Å². The lowest BCUT2D eigenvalue weighted by atomic mass is 9.97. The third kappa shape index (κ3) is 3.17. The third-order valence-corrected chi connectivity index (χ3v) is 4.13. The topological polar surface area (TPSA) is 21.3 Å². The second kappa shape index (κ2) is 6.61. The molecule has 0 aliphatic rings. The van der Waals surface area contributed by atoms with Crippen LogP contribution in [0.4, 0.5) is 0 Å². The van der Waals surface area contributed by atoms with Crippen LogP contribution in [0.25, 0.3) is 0 Å². The van der Waals surface area contributed by atoms with Crippen LogP contribution in [0.15, 0.2) is 40.9 Å². The van der Waals surface area contributed by atoms with Gasteiger partial charge >= 0.3 is 0 Å². The molecule has 0 fully saturated rings. The molecule has 2 rings (SSSR count). The maximum absolute atomic E-state index is 6.36. The van der Waals surface area contributed by atoms with Gasteiger partial charge in [-0.25, -0.2) is 0 Å². The van der Waals surface area contributed by atoms with Crippen molar-refractivity contribution in [2.75, 3.05) is 14.2 Å². The van der Waals surface area contributed by atoms with E-state index in [9.17, 15) is 0 Å². The number of ether oxygens (including phenoxy) is 1. The van der Waals surface area contributed by atoms with Crippen molar-refractivity contribution < 1.29 is 4.74 Å². The summed E-state index contributed by atoms with van der Waals surface area (Å²) in [7, 11) is 3.62. The predicted molar refractivity (Wildman–Crippen MR) is 87.8 cm³/mol. The Morgan fingerprint density at radius 3 is 2.50 bits per heavy atom. The van der Waals surface area contributed by atoms with E-state index in [1.807, 2.05) is 38.2 Å². The van der Waals surface area contributed by atoms with Crippen LogP contribution in [-0.4, -0.2) is 14.2 Å². The lowest BCUT2D eigenvalue weighted by molar-refractivity contribution is 0.411. The Labute approximate surface area is 133 Å². The second-order valence-electron chi connectivity index (χ2n) is 4.62. The number of aryl methyl sites for hydroxylation is 1. The molecular formula is C16H17BrClNO. The van der Waals surface area contributed by atoms with Crippen molar-refractivity contribution in [2.45, 2.75) is 13.0 Å². The highest BCUT2D eigenvalue weighted by molar-refractivity contribution is 9.10. The van der Waals surface area contributed by atoms with Crippen molar-refractivity contribution in [3.63, 3.8) is 0 Å². The van der Waals surface area contributed by atoms with Crippen molar-refractivity contribution in [2.24, 2.45) is 0 Å². The molecule has 2 aromatic rings. The number of rotatable bonds is 4. The molecule has 0 aliphatic carbocycles. The third-order valence-electron chi connectivity index (χ3n) is 3.31. The summed E-state index contributed by atoms with van der Waals surface area (Å²) in [5, 5.41) is 4.06. The van der Waals surface area contributed by atoms with E-state index in [0.29, 0.717) is 0 Å². The first-order chi connectivity index (χ1) is 9.56. The Morgan fingerprint density at radius 2 is 1.95 bits per heavy atom. The van der Waals surface area contributed by atoms with Crippen LogP contribution in [0.2, 0.25) is 5.02 Å². The van der Waals surface area contributed by atoms with Crippen LogP contribution in [0, 0.1) is 6.92 Å². The van der Waals surface area contributed by atoms with Crippen LogP contribution in [-0.2, 0) is 0 Å². The van der Waals surface area contributed by atoms with Gasteiger partial charge in [0.05, 0.1) is 13.2 Å². The highest BCUT2D eigenvalue weighted by Crippen LogP contribution is 2.32. The van der Waals surface area contributed by atoms with Crippen molar-refractivity contribution in [3.8, 4) is 5.75 Å². The van der Waals surface area contributed by atoms with Crippen LogP contribution >= 0.6 is 27.5 Å². The van der Waals surface area contributed by atoms with Crippen molar-refractivity contribution in [1.29, 1.82) is 0 Å². The summed E-state index contributed by atoms with van der Waals surface area (Å²) in [6, 6.07) is 12.2. The van der Waals surface area contributed by atoms with E-state index in [2.05, 4.69) is 33.4 Å². The molecule has 0 spiro atoms. The summed E-state index contributed by atoms with van der Waals surface area (Å²) in [6.07, 6.45) is 0. The Bertz CT molecular complexity index is 615. The molecule has 2 nitrogen and oxygen atoms in total. The first-order valence-electron chi connectivity index (χ1n) is 6.33. The van der Waals surface area contributed by atoms with Gasteiger partial charge in [0.2, 0.25) is 0 Å². The standard InChI is InChI=1S/C16H17BrClNO/c1-10-8-11(4-7-15(10)20-3)16(19-2)13-6-5-12(17)9-14(13)18/h4-9,16,19H,1-3H3. The van der Waals surface area contributed by atoms with Gasteiger partial charge < -0.3 is 10.1 Å². The van der Waals surface area contributed by atoms with Gasteiger partial charge in [0, 0.05) is 9.50 Å². The van der Waals surface area contributed by atoms with Gasteiger partial charge in [-0.1, -0.05) is 45.7 Å². The fourth-order valence-corrected chi connectivity index (χ4v) is 3.10. The highest BCUT2D eigenvalue weighted by atomic mass is 79.9. The van der Waals surface area contributed by atoms with E-state index in [1.54, 1.807) is 7.11 Å². The van der Waals surface area contributed by atoms with Crippen LogP contribution in [0.1, 0.15) is 22.7 Å². The van der Waals surface area contributed by atoms with Gasteiger partial charge in [0.1, 0.15) is 5.75 Å². The maximum atomic E-state index is 6.36. The molecular weight excluding hydrogens is 338 g/mol. The zero-order valence-corrected chi connectivity index (χ0v) is 14.0. The lowest BCUT2D eigenvalue weighted by Gasteiger charge is -2.20. The molecule has 0 aromatic heterocycles. The van der Waals surface area contributed by atoms with Gasteiger partial charge in [-0.05, 0) is 48.9 Å². The minimum absolute atomic E-state index is 0.0557. The van der Waals surface area contributed by atoms with E-state index in [1.165, 1.54) is 0 Å². The average Bonchev–Trinajstić information content (AvgIpc) is 2.42. The molecule has 2 aromatic carbocycles. The van der Waals surface area contributed by atoms with E-state index in [4.69, 9.17) is 16.3 Å². The van der Waals surface area contributed by atoms with Gasteiger partial charge in [0.25, 0.3) is 0 Å². The van der Waals surface area contributed by atoms with Crippen LogP contribution in [0.5, 0.6) is 5.75 Å². The molecule has 106 valence electrons. The van der Waals surface area contributed by atoms with Gasteiger partial charge in [-0.3, -0.25) is 0 Å². The zero-order chi connectivity index (χ0) is 14.7. The SMILES string of the molecule is CNC(c1ccc(OC)c(C)c1)c1ccc(Br)cc1Cl. The first kappa shape index (κ1) is 15.4. The Kier molecular flexibility index (Phi) is 5.08. The Morgan fingerprint density at radius 1 is 1.20 bits per heavy atom. The molecule has 1 unspecified atom stereocenters. The smallest absolute Gasteiger partial charge is 0.121 e. The largest absolute Gasteiger partial charge is 0.496 e. The molecule has 4 heteroatoms. The average molecular weight is 355 g/mol. The summed E-state index contributed by atoms with van der Waals surface area (Å²) in [6.45, 7) is 2.04. The molecule has 0 amide bonds. The first-order valence-corrected chi connectivity index (χ1v) is 7.50. The van der Waals surface area contributed by atoms with E-state index < -0.39 is 0 Å². The van der Waals surface area contributed by atoms with E-state index in [0.717, 1.165) is 31.9 Å². The minimum atomic E-state index is 0.0557. The van der Waals surface area contributed by atoms with Crippen molar-refractivity contribution >= 4 is 27.5 Å². The zero-order valence-electron chi connectivity index (χ0n) is 11.7. The van der Waals surface area contributed by atoms with Gasteiger partial charge in [-0.15, -0.1) is 0 Å². The monoisotopic (exact) mass is 353 g/mol. The number of benzene rings is 2. The Balaban J connectivity index is 2.44.